The third-order valence-electron chi connectivity index (χ3n) is 7.32. The summed E-state index contributed by atoms with van der Waals surface area (Å²) in [7, 11) is 1.60. The lowest BCUT2D eigenvalue weighted by atomic mass is 9.67. The van der Waals surface area contributed by atoms with Crippen LogP contribution in [0.2, 0.25) is 0 Å². The minimum absolute atomic E-state index is 0.105. The van der Waals surface area contributed by atoms with Gasteiger partial charge in [0.05, 0.1) is 24.5 Å². The molecule has 0 aromatic carbocycles. The van der Waals surface area contributed by atoms with Gasteiger partial charge in [0.15, 0.2) is 6.29 Å². The molecule has 2 fully saturated rings. The van der Waals surface area contributed by atoms with Gasteiger partial charge in [-0.2, -0.15) is 5.26 Å². The van der Waals surface area contributed by atoms with Crippen molar-refractivity contribution in [2.75, 3.05) is 62.0 Å². The number of carbonyl (C=O) groups is 2. The Balaban J connectivity index is 1.34. The van der Waals surface area contributed by atoms with Gasteiger partial charge in [-0.3, -0.25) is 15.0 Å². The Bertz CT molecular complexity index is 1200. The molecule has 2 N–H and O–H groups in total. The molecule has 0 spiro atoms. The van der Waals surface area contributed by atoms with Crippen LogP contribution in [0.1, 0.15) is 47.3 Å². The fourth-order valence-corrected chi connectivity index (χ4v) is 5.40. The van der Waals surface area contributed by atoms with Crippen molar-refractivity contribution in [3.8, 4) is 6.07 Å². The van der Waals surface area contributed by atoms with E-state index in [9.17, 15) is 14.9 Å². The summed E-state index contributed by atoms with van der Waals surface area (Å²) in [6.45, 7) is 4.69. The quantitative estimate of drug-likeness (QED) is 0.369. The van der Waals surface area contributed by atoms with Crippen LogP contribution in [-0.2, 0) is 15.1 Å². The van der Waals surface area contributed by atoms with E-state index in [2.05, 4.69) is 31.6 Å². The molecule has 0 atom stereocenters. The first-order valence-corrected chi connectivity index (χ1v) is 12.6. The molecule has 37 heavy (non-hydrogen) atoms. The lowest BCUT2D eigenvalue weighted by Gasteiger charge is -2.56. The Kier molecular flexibility index (Phi) is 7.32. The molecule has 0 radical (unpaired) electrons. The number of hydrogen-bond donors (Lipinski definition) is 2. The number of anilines is 3. The highest BCUT2D eigenvalue weighted by molar-refractivity contribution is 6.03. The van der Waals surface area contributed by atoms with Gasteiger partial charge in [0.1, 0.15) is 29.0 Å². The topological polar surface area (TPSA) is 133 Å². The van der Waals surface area contributed by atoms with E-state index in [1.54, 1.807) is 24.1 Å². The molecule has 2 amide bonds. The second kappa shape index (κ2) is 10.8. The van der Waals surface area contributed by atoms with Crippen molar-refractivity contribution in [2.45, 2.75) is 37.3 Å². The van der Waals surface area contributed by atoms with Gasteiger partial charge in [0.2, 0.25) is 0 Å². The molecule has 2 bridgehead atoms. The van der Waals surface area contributed by atoms with Gasteiger partial charge in [-0.05, 0) is 32.0 Å². The smallest absolute Gasteiger partial charge is 0.328 e. The molecule has 4 aliphatic rings. The summed E-state index contributed by atoms with van der Waals surface area (Å²) in [4.78, 5) is 37.7. The molecule has 2 aromatic rings. The Morgan fingerprint density at radius 3 is 2.84 bits per heavy atom. The summed E-state index contributed by atoms with van der Waals surface area (Å²) in [6, 6.07) is 6.75. The molecule has 194 valence electrons. The van der Waals surface area contributed by atoms with Gasteiger partial charge in [-0.25, -0.2) is 14.8 Å². The van der Waals surface area contributed by atoms with E-state index >= 15 is 0 Å². The Morgan fingerprint density at radius 1 is 1.30 bits per heavy atom. The second-order valence-electron chi connectivity index (χ2n) is 9.63. The lowest BCUT2D eigenvalue weighted by molar-refractivity contribution is -0.124. The van der Waals surface area contributed by atoms with Crippen LogP contribution in [-0.4, -0.2) is 79.7 Å². The first-order valence-electron chi connectivity index (χ1n) is 12.6. The zero-order valence-electron chi connectivity index (χ0n) is 20.9. The predicted molar refractivity (Wildman–Crippen MR) is 137 cm³/mol. The molecule has 2 aromatic heterocycles. The first kappa shape index (κ1) is 25.1. The van der Waals surface area contributed by atoms with Crippen LogP contribution in [0.3, 0.4) is 0 Å². The average molecular weight is 506 g/mol. The van der Waals surface area contributed by atoms with Gasteiger partial charge in [-0.15, -0.1) is 0 Å². The van der Waals surface area contributed by atoms with Crippen LogP contribution in [0.25, 0.3) is 0 Å². The van der Waals surface area contributed by atoms with Crippen LogP contribution >= 0.6 is 0 Å². The number of nitrogens with one attached hydrogen (secondary N) is 2. The van der Waals surface area contributed by atoms with E-state index in [0.29, 0.717) is 61.8 Å². The summed E-state index contributed by atoms with van der Waals surface area (Å²) in [5, 5.41) is 15.4. The number of rotatable bonds is 10. The van der Waals surface area contributed by atoms with Crippen LogP contribution < -0.4 is 15.5 Å². The molecule has 1 saturated carbocycles. The number of aldehydes is 1. The normalized spacial score (nSPS) is 22.1. The largest absolute Gasteiger partial charge is 0.383 e. The van der Waals surface area contributed by atoms with Crippen molar-refractivity contribution in [1.82, 2.24) is 14.9 Å². The van der Waals surface area contributed by atoms with Crippen LogP contribution in [0.15, 0.2) is 24.4 Å². The monoisotopic (exact) mass is 505 g/mol. The molecule has 3 aliphatic heterocycles. The van der Waals surface area contributed by atoms with Crippen LogP contribution in [0.5, 0.6) is 0 Å². The van der Waals surface area contributed by atoms with E-state index in [1.165, 1.54) is 19.0 Å². The maximum atomic E-state index is 13.5. The van der Waals surface area contributed by atoms with Gasteiger partial charge in [0.25, 0.3) is 0 Å². The van der Waals surface area contributed by atoms with Gasteiger partial charge >= 0.3 is 6.03 Å². The van der Waals surface area contributed by atoms with Crippen molar-refractivity contribution in [2.24, 2.45) is 0 Å². The molecular weight excluding hydrogens is 474 g/mol. The fraction of sp³-hybridized carbons (Fsp3) is 0.500. The molecule has 0 unspecified atom stereocenters. The second-order valence-corrected chi connectivity index (χ2v) is 9.63. The van der Waals surface area contributed by atoms with Crippen LogP contribution in [0.4, 0.5) is 22.1 Å². The Labute approximate surface area is 215 Å². The minimum Gasteiger partial charge on any atom is -0.383 e. The van der Waals surface area contributed by atoms with Crippen molar-refractivity contribution in [1.29, 1.82) is 5.26 Å². The number of nitriles is 1. The third kappa shape index (κ3) is 5.00. The highest BCUT2D eigenvalue weighted by atomic mass is 16.5. The molecular formula is C26H31N7O4. The summed E-state index contributed by atoms with van der Waals surface area (Å²) >= 11 is 0. The maximum absolute atomic E-state index is 13.5. The average Bonchev–Trinajstić information content (AvgIpc) is 3.41. The minimum atomic E-state index is -0.490. The molecule has 1 aliphatic carbocycles. The van der Waals surface area contributed by atoms with Crippen molar-refractivity contribution in [3.63, 3.8) is 0 Å². The molecule has 1 saturated heterocycles. The van der Waals surface area contributed by atoms with E-state index in [4.69, 9.17) is 9.47 Å². The number of pyridine rings is 2. The Hall–Kier alpha value is -3.59. The standard InChI is InChI=1S/C26H31N7O4/c1-36-10-6-28-22-12-23(29-16-18(22)15-27)31-25(35)33-20-13-26(14-20,37-11-9-32-7-2-3-8-32)21-5-4-19(17-34)30-24(21)33/h4-5,12,16-17,20H,2-3,6-11,13-14H2,1H3,(H2,28,29,31,35). The van der Waals surface area contributed by atoms with Crippen molar-refractivity contribution >= 4 is 29.6 Å². The number of hydrogen-bond acceptors (Lipinski definition) is 9. The van der Waals surface area contributed by atoms with E-state index in [1.807, 2.05) is 6.07 Å². The lowest BCUT2D eigenvalue weighted by Crippen LogP contribution is -2.62. The number of ether oxygens (including phenoxy) is 2. The number of amides is 2. The molecule has 11 heteroatoms. The van der Waals surface area contributed by atoms with Crippen LogP contribution in [0, 0.1) is 11.3 Å². The number of carbonyl (C=O) groups excluding carboxylic acids is 2. The van der Waals surface area contributed by atoms with E-state index < -0.39 is 11.6 Å². The molecule has 5 heterocycles. The highest BCUT2D eigenvalue weighted by Gasteiger charge is 2.57. The zero-order chi connectivity index (χ0) is 25.8. The maximum Gasteiger partial charge on any atom is 0.328 e. The summed E-state index contributed by atoms with van der Waals surface area (Å²) in [5.74, 6) is 0.743. The van der Waals surface area contributed by atoms with Gasteiger partial charge < -0.3 is 19.7 Å². The highest BCUT2D eigenvalue weighted by Crippen LogP contribution is 2.55. The SMILES string of the molecule is COCCNc1cc(NC(=O)N2c3nc(C=O)ccc3C3(OCCN4CCCC4)CC2C3)ncc1C#N. The van der Waals surface area contributed by atoms with E-state index in [0.717, 1.165) is 25.2 Å². The predicted octanol–water partition coefficient (Wildman–Crippen LogP) is 2.74. The molecule has 11 nitrogen and oxygen atoms in total. The Morgan fingerprint density at radius 2 is 2.11 bits per heavy atom. The first-order chi connectivity index (χ1) is 18.1. The number of nitrogens with zero attached hydrogens (tertiary/aromatic N) is 5. The summed E-state index contributed by atoms with van der Waals surface area (Å²) in [5.41, 5.74) is 1.51. The van der Waals surface area contributed by atoms with Gasteiger partial charge in [0, 0.05) is 56.9 Å². The van der Waals surface area contributed by atoms with E-state index in [-0.39, 0.29) is 11.7 Å². The number of aromatic nitrogens is 2. The van der Waals surface area contributed by atoms with Crippen molar-refractivity contribution in [3.05, 3.63) is 41.2 Å². The number of urea groups is 1. The third-order valence-corrected chi connectivity index (χ3v) is 7.32. The summed E-state index contributed by atoms with van der Waals surface area (Å²) < 4.78 is 11.5. The summed E-state index contributed by atoms with van der Waals surface area (Å²) in [6.07, 6.45) is 5.90. The zero-order valence-corrected chi connectivity index (χ0v) is 20.9. The van der Waals surface area contributed by atoms with Gasteiger partial charge in [-0.1, -0.05) is 6.07 Å². The molecule has 6 rings (SSSR count). The van der Waals surface area contributed by atoms with Crippen molar-refractivity contribution < 1.29 is 19.1 Å². The number of methoxy groups -OCH3 is 1. The number of likely N-dealkylation sites (tertiary alicyclic amines) is 1. The fourth-order valence-electron chi connectivity index (χ4n) is 5.40.